The molecule has 0 aromatic heterocycles. The second-order valence-corrected chi connectivity index (χ2v) is 3.94. The highest BCUT2D eigenvalue weighted by atomic mass is 16.5. The van der Waals surface area contributed by atoms with Gasteiger partial charge < -0.3 is 9.64 Å². The van der Waals surface area contributed by atoms with E-state index in [1.54, 1.807) is 0 Å². The molecule has 3 heteroatoms. The molecule has 1 atom stereocenters. The quantitative estimate of drug-likeness (QED) is 0.660. The van der Waals surface area contributed by atoms with Gasteiger partial charge in [0.15, 0.2) is 0 Å². The van der Waals surface area contributed by atoms with Gasteiger partial charge in [-0.15, -0.1) is 0 Å². The van der Waals surface area contributed by atoms with E-state index in [4.69, 9.17) is 4.74 Å². The van der Waals surface area contributed by atoms with E-state index < -0.39 is 0 Å². The summed E-state index contributed by atoms with van der Waals surface area (Å²) in [6.07, 6.45) is 5.65. The fourth-order valence-electron chi connectivity index (χ4n) is 1.47. The second kappa shape index (κ2) is 4.94. The third kappa shape index (κ3) is 3.72. The van der Waals surface area contributed by atoms with Gasteiger partial charge in [-0.1, -0.05) is 12.7 Å². The van der Waals surface area contributed by atoms with Crippen molar-refractivity contribution in [3.8, 4) is 0 Å². The molecule has 1 aliphatic carbocycles. The predicted octanol–water partition coefficient (Wildman–Crippen LogP) is 1.74. The van der Waals surface area contributed by atoms with Crippen LogP contribution in [0.2, 0.25) is 0 Å². The first-order valence-corrected chi connectivity index (χ1v) is 4.91. The zero-order chi connectivity index (χ0) is 11.4. The summed E-state index contributed by atoms with van der Waals surface area (Å²) >= 11 is 0. The highest BCUT2D eigenvalue weighted by molar-refractivity contribution is 5.68. The Labute approximate surface area is 90.7 Å². The Kier molecular flexibility index (Phi) is 3.86. The van der Waals surface area contributed by atoms with Crippen LogP contribution in [0.4, 0.5) is 0 Å². The number of carbonyl (C=O) groups is 1. The van der Waals surface area contributed by atoms with E-state index in [2.05, 4.69) is 11.5 Å². The fraction of sp³-hybridized carbons (Fsp3) is 0.417. The molecule has 0 heterocycles. The number of rotatable bonds is 3. The van der Waals surface area contributed by atoms with Gasteiger partial charge >= 0.3 is 5.97 Å². The van der Waals surface area contributed by atoms with E-state index in [9.17, 15) is 4.79 Å². The number of allylic oxidation sites excluding steroid dienone is 2. The molecular formula is C12H17NO2. The summed E-state index contributed by atoms with van der Waals surface area (Å²) < 4.78 is 4.98. The van der Waals surface area contributed by atoms with Gasteiger partial charge in [0, 0.05) is 19.4 Å². The van der Waals surface area contributed by atoms with Gasteiger partial charge in [-0.2, -0.15) is 0 Å². The first-order chi connectivity index (χ1) is 6.99. The molecule has 1 aliphatic rings. The summed E-state index contributed by atoms with van der Waals surface area (Å²) in [5.74, 6) is 0.576. The third-order valence-corrected chi connectivity index (χ3v) is 2.12. The van der Waals surface area contributed by atoms with Crippen LogP contribution in [-0.4, -0.2) is 31.5 Å². The van der Waals surface area contributed by atoms with Crippen molar-refractivity contribution in [1.29, 1.82) is 0 Å². The Morgan fingerprint density at radius 2 is 2.27 bits per heavy atom. The average molecular weight is 207 g/mol. The molecule has 0 radical (unpaired) electrons. The molecule has 3 nitrogen and oxygen atoms in total. The van der Waals surface area contributed by atoms with Crippen molar-refractivity contribution in [3.05, 3.63) is 36.1 Å². The summed E-state index contributed by atoms with van der Waals surface area (Å²) in [6.45, 7) is 6.27. The molecule has 0 saturated carbocycles. The van der Waals surface area contributed by atoms with E-state index in [-0.39, 0.29) is 5.97 Å². The monoisotopic (exact) mass is 207 g/mol. The molecular weight excluding hydrogens is 190 g/mol. The van der Waals surface area contributed by atoms with Crippen LogP contribution in [0.5, 0.6) is 0 Å². The maximum atomic E-state index is 10.7. The van der Waals surface area contributed by atoms with Crippen molar-refractivity contribution in [2.75, 3.05) is 20.6 Å². The summed E-state index contributed by atoms with van der Waals surface area (Å²) in [6, 6.07) is 0. The van der Waals surface area contributed by atoms with Gasteiger partial charge in [0.05, 0.1) is 0 Å². The maximum Gasteiger partial charge on any atom is 0.308 e. The molecule has 1 unspecified atom stereocenters. The zero-order valence-corrected chi connectivity index (χ0v) is 9.49. The highest BCUT2D eigenvalue weighted by Gasteiger charge is 2.14. The van der Waals surface area contributed by atoms with Gasteiger partial charge in [-0.3, -0.25) is 4.79 Å². The van der Waals surface area contributed by atoms with Crippen molar-refractivity contribution in [2.24, 2.45) is 5.92 Å². The van der Waals surface area contributed by atoms with Crippen molar-refractivity contribution in [1.82, 2.24) is 4.90 Å². The number of hydrogen-bond acceptors (Lipinski definition) is 3. The standard InChI is InChI=1S/C12H17NO2/c1-9-7-12(15-10(2)14)6-5-11(9)8-13(3)4/h5-7,11H,1,8H2,2-4H3. The molecule has 0 fully saturated rings. The largest absolute Gasteiger partial charge is 0.427 e. The fourth-order valence-corrected chi connectivity index (χ4v) is 1.47. The molecule has 15 heavy (non-hydrogen) atoms. The minimum Gasteiger partial charge on any atom is -0.427 e. The van der Waals surface area contributed by atoms with E-state index in [0.717, 1.165) is 12.1 Å². The van der Waals surface area contributed by atoms with E-state index in [1.807, 2.05) is 32.3 Å². The van der Waals surface area contributed by atoms with Crippen LogP contribution in [0.15, 0.2) is 36.1 Å². The SMILES string of the molecule is C=C1C=C(OC(C)=O)C=CC1CN(C)C. The Bertz CT molecular complexity index is 327. The first kappa shape index (κ1) is 11.7. The predicted molar refractivity (Wildman–Crippen MR) is 60.2 cm³/mol. The normalized spacial score (nSPS) is 20.4. The molecule has 1 rings (SSSR count). The van der Waals surface area contributed by atoms with E-state index in [0.29, 0.717) is 11.7 Å². The Morgan fingerprint density at radius 1 is 1.60 bits per heavy atom. The number of carbonyl (C=O) groups excluding carboxylic acids is 1. The topological polar surface area (TPSA) is 29.5 Å². The summed E-state index contributed by atoms with van der Waals surface area (Å²) in [4.78, 5) is 12.8. The lowest BCUT2D eigenvalue weighted by molar-refractivity contribution is -0.136. The van der Waals surface area contributed by atoms with Crippen LogP contribution >= 0.6 is 0 Å². The van der Waals surface area contributed by atoms with Gasteiger partial charge in [0.2, 0.25) is 0 Å². The molecule has 0 bridgehead atoms. The lowest BCUT2D eigenvalue weighted by Crippen LogP contribution is -2.22. The molecule has 0 aromatic rings. The van der Waals surface area contributed by atoms with Crippen LogP contribution in [0.1, 0.15) is 6.92 Å². The average Bonchev–Trinajstić information content (AvgIpc) is 2.08. The number of ether oxygens (including phenoxy) is 1. The van der Waals surface area contributed by atoms with Crippen LogP contribution in [0.3, 0.4) is 0 Å². The van der Waals surface area contributed by atoms with Crippen LogP contribution in [0, 0.1) is 5.92 Å². The van der Waals surface area contributed by atoms with Crippen LogP contribution in [0.25, 0.3) is 0 Å². The lowest BCUT2D eigenvalue weighted by atomic mass is 9.95. The van der Waals surface area contributed by atoms with E-state index in [1.165, 1.54) is 6.92 Å². The molecule has 0 amide bonds. The summed E-state index contributed by atoms with van der Waals surface area (Å²) in [7, 11) is 4.04. The maximum absolute atomic E-state index is 10.7. The second-order valence-electron chi connectivity index (χ2n) is 3.94. The Balaban J connectivity index is 2.62. The van der Waals surface area contributed by atoms with Crippen molar-refractivity contribution in [2.45, 2.75) is 6.92 Å². The van der Waals surface area contributed by atoms with Crippen molar-refractivity contribution in [3.63, 3.8) is 0 Å². The number of hydrogen-bond donors (Lipinski definition) is 0. The first-order valence-electron chi connectivity index (χ1n) is 4.91. The zero-order valence-electron chi connectivity index (χ0n) is 9.49. The minimum absolute atomic E-state index is 0.301. The number of nitrogens with zero attached hydrogens (tertiary/aromatic N) is 1. The van der Waals surface area contributed by atoms with Crippen LogP contribution in [-0.2, 0) is 9.53 Å². The molecule has 82 valence electrons. The minimum atomic E-state index is -0.301. The molecule has 0 saturated heterocycles. The molecule has 0 aliphatic heterocycles. The lowest BCUT2D eigenvalue weighted by Gasteiger charge is -2.21. The molecule has 0 aromatic carbocycles. The third-order valence-electron chi connectivity index (χ3n) is 2.12. The smallest absolute Gasteiger partial charge is 0.308 e. The molecule has 0 N–H and O–H groups in total. The van der Waals surface area contributed by atoms with Gasteiger partial charge in [-0.05, 0) is 31.8 Å². The van der Waals surface area contributed by atoms with Gasteiger partial charge in [0.1, 0.15) is 5.76 Å². The summed E-state index contributed by atoms with van der Waals surface area (Å²) in [5, 5.41) is 0. The Hall–Kier alpha value is -1.35. The Morgan fingerprint density at radius 3 is 2.73 bits per heavy atom. The van der Waals surface area contributed by atoms with Crippen LogP contribution < -0.4 is 0 Å². The van der Waals surface area contributed by atoms with Crippen molar-refractivity contribution < 1.29 is 9.53 Å². The summed E-state index contributed by atoms with van der Waals surface area (Å²) in [5.41, 5.74) is 0.974. The number of esters is 1. The van der Waals surface area contributed by atoms with Crippen molar-refractivity contribution >= 4 is 5.97 Å². The molecule has 0 spiro atoms. The van der Waals surface area contributed by atoms with E-state index >= 15 is 0 Å². The van der Waals surface area contributed by atoms with Gasteiger partial charge in [0.25, 0.3) is 0 Å². The highest BCUT2D eigenvalue weighted by Crippen LogP contribution is 2.21. The van der Waals surface area contributed by atoms with Gasteiger partial charge in [-0.25, -0.2) is 0 Å².